The van der Waals surface area contributed by atoms with E-state index in [0.29, 0.717) is 13.1 Å². The fourth-order valence-corrected chi connectivity index (χ4v) is 2.26. The molecule has 0 aromatic heterocycles. The minimum Gasteiger partial charge on any atom is -0.330 e. The molecular formula is C15H24FN3O2. The minimum absolute atomic E-state index is 0.0194. The van der Waals surface area contributed by atoms with E-state index in [2.05, 4.69) is 25.7 Å². The van der Waals surface area contributed by atoms with Crippen LogP contribution in [-0.4, -0.2) is 29.5 Å². The SMILES string of the molecule is CCCN(Cc1ccc([N+](=O)[O-])c(F)c1)CC(C)(C)CN. The van der Waals surface area contributed by atoms with Crippen LogP contribution < -0.4 is 5.73 Å². The molecule has 0 bridgehead atoms. The zero-order valence-corrected chi connectivity index (χ0v) is 12.9. The minimum atomic E-state index is -0.785. The van der Waals surface area contributed by atoms with Crippen LogP contribution in [0.4, 0.5) is 10.1 Å². The van der Waals surface area contributed by atoms with Crippen molar-refractivity contribution in [3.63, 3.8) is 0 Å². The summed E-state index contributed by atoms with van der Waals surface area (Å²) in [6.07, 6.45) is 0.982. The van der Waals surface area contributed by atoms with Crippen LogP contribution in [0.15, 0.2) is 18.2 Å². The third kappa shape index (κ3) is 5.40. The highest BCUT2D eigenvalue weighted by Crippen LogP contribution is 2.21. The number of hydrogen-bond acceptors (Lipinski definition) is 4. The van der Waals surface area contributed by atoms with Gasteiger partial charge in [0, 0.05) is 19.2 Å². The fourth-order valence-electron chi connectivity index (χ4n) is 2.26. The molecule has 1 rings (SSSR count). The van der Waals surface area contributed by atoms with E-state index in [4.69, 9.17) is 5.73 Å². The second-order valence-electron chi connectivity index (χ2n) is 6.12. The Balaban J connectivity index is 2.84. The lowest BCUT2D eigenvalue weighted by molar-refractivity contribution is -0.387. The number of rotatable bonds is 8. The topological polar surface area (TPSA) is 72.4 Å². The monoisotopic (exact) mass is 297 g/mol. The summed E-state index contributed by atoms with van der Waals surface area (Å²) in [5.74, 6) is -0.785. The first-order valence-electron chi connectivity index (χ1n) is 7.14. The van der Waals surface area contributed by atoms with Gasteiger partial charge in [-0.05, 0) is 36.6 Å². The molecule has 5 nitrogen and oxygen atoms in total. The van der Waals surface area contributed by atoms with E-state index in [0.717, 1.165) is 25.1 Å². The average molecular weight is 297 g/mol. The number of nitro benzene ring substituents is 1. The summed E-state index contributed by atoms with van der Waals surface area (Å²) in [6, 6.07) is 4.08. The summed E-state index contributed by atoms with van der Waals surface area (Å²) >= 11 is 0. The molecule has 0 aliphatic heterocycles. The van der Waals surface area contributed by atoms with Crippen molar-refractivity contribution in [2.45, 2.75) is 33.7 Å². The van der Waals surface area contributed by atoms with Crippen LogP contribution in [0, 0.1) is 21.3 Å². The number of nitrogens with zero attached hydrogens (tertiary/aromatic N) is 2. The first-order valence-corrected chi connectivity index (χ1v) is 7.14. The van der Waals surface area contributed by atoms with Gasteiger partial charge in [-0.1, -0.05) is 26.8 Å². The first-order chi connectivity index (χ1) is 9.79. The molecule has 21 heavy (non-hydrogen) atoms. The van der Waals surface area contributed by atoms with E-state index in [9.17, 15) is 14.5 Å². The van der Waals surface area contributed by atoms with E-state index in [1.807, 2.05) is 0 Å². The molecule has 118 valence electrons. The molecule has 1 aromatic carbocycles. The molecule has 0 saturated heterocycles. The van der Waals surface area contributed by atoms with Gasteiger partial charge in [-0.25, -0.2) is 0 Å². The predicted molar refractivity (Wildman–Crippen MR) is 81.5 cm³/mol. The van der Waals surface area contributed by atoms with Crippen LogP contribution in [-0.2, 0) is 6.54 Å². The van der Waals surface area contributed by atoms with E-state index in [1.54, 1.807) is 6.07 Å². The summed E-state index contributed by atoms with van der Waals surface area (Å²) < 4.78 is 13.7. The molecule has 0 heterocycles. The van der Waals surface area contributed by atoms with Crippen LogP contribution >= 0.6 is 0 Å². The molecule has 0 aliphatic rings. The molecule has 6 heteroatoms. The Bertz CT molecular complexity index is 492. The number of benzene rings is 1. The van der Waals surface area contributed by atoms with Gasteiger partial charge in [0.15, 0.2) is 0 Å². The van der Waals surface area contributed by atoms with Gasteiger partial charge in [0.25, 0.3) is 0 Å². The highest BCUT2D eigenvalue weighted by atomic mass is 19.1. The zero-order valence-electron chi connectivity index (χ0n) is 12.9. The largest absolute Gasteiger partial charge is 0.330 e. The molecule has 0 unspecified atom stereocenters. The normalized spacial score (nSPS) is 11.9. The molecule has 0 saturated carbocycles. The molecule has 0 spiro atoms. The fraction of sp³-hybridized carbons (Fsp3) is 0.600. The van der Waals surface area contributed by atoms with E-state index in [1.165, 1.54) is 12.1 Å². The van der Waals surface area contributed by atoms with Gasteiger partial charge in [0.05, 0.1) is 4.92 Å². The van der Waals surface area contributed by atoms with Gasteiger partial charge >= 0.3 is 5.69 Å². The standard InChI is InChI=1S/C15H24FN3O2/c1-4-7-18(11-15(2,3)10-17)9-12-5-6-14(19(20)21)13(16)8-12/h5-6,8H,4,7,9-11,17H2,1-3H3. The second-order valence-corrected chi connectivity index (χ2v) is 6.12. The van der Waals surface area contributed by atoms with Crippen molar-refractivity contribution in [1.82, 2.24) is 4.90 Å². The summed E-state index contributed by atoms with van der Waals surface area (Å²) in [7, 11) is 0. The lowest BCUT2D eigenvalue weighted by Crippen LogP contribution is -2.38. The number of hydrogen-bond donors (Lipinski definition) is 1. The van der Waals surface area contributed by atoms with Gasteiger partial charge in [-0.2, -0.15) is 4.39 Å². The van der Waals surface area contributed by atoms with Crippen molar-refractivity contribution in [3.8, 4) is 0 Å². The summed E-state index contributed by atoms with van der Waals surface area (Å²) in [6.45, 7) is 9.07. The van der Waals surface area contributed by atoms with Gasteiger partial charge in [0.2, 0.25) is 5.82 Å². The lowest BCUT2D eigenvalue weighted by atomic mass is 9.93. The third-order valence-electron chi connectivity index (χ3n) is 3.36. The van der Waals surface area contributed by atoms with Crippen molar-refractivity contribution in [3.05, 3.63) is 39.7 Å². The molecule has 0 aliphatic carbocycles. The molecule has 0 fully saturated rings. The molecule has 2 N–H and O–H groups in total. The van der Waals surface area contributed by atoms with Crippen LogP contribution in [0.5, 0.6) is 0 Å². The predicted octanol–water partition coefficient (Wildman–Crippen LogP) is 2.93. The van der Waals surface area contributed by atoms with Crippen LogP contribution in [0.3, 0.4) is 0 Å². The summed E-state index contributed by atoms with van der Waals surface area (Å²) in [5, 5.41) is 10.6. The number of halogens is 1. The van der Waals surface area contributed by atoms with Crippen molar-refractivity contribution in [1.29, 1.82) is 0 Å². The Morgan fingerprint density at radius 3 is 2.57 bits per heavy atom. The van der Waals surface area contributed by atoms with Gasteiger partial charge in [-0.3, -0.25) is 15.0 Å². The quantitative estimate of drug-likeness (QED) is 0.591. The summed E-state index contributed by atoms with van der Waals surface area (Å²) in [5.41, 5.74) is 5.99. The van der Waals surface area contributed by atoms with Gasteiger partial charge in [-0.15, -0.1) is 0 Å². The highest BCUT2D eigenvalue weighted by Gasteiger charge is 2.21. The Labute approximate surface area is 125 Å². The number of nitrogens with two attached hydrogens (primary N) is 1. The maximum absolute atomic E-state index is 13.7. The Morgan fingerprint density at radius 1 is 1.43 bits per heavy atom. The maximum atomic E-state index is 13.7. The number of nitro groups is 1. The first kappa shape index (κ1) is 17.5. The Kier molecular flexibility index (Phi) is 6.23. The van der Waals surface area contributed by atoms with Gasteiger partial charge < -0.3 is 5.73 Å². The molecule has 0 radical (unpaired) electrons. The van der Waals surface area contributed by atoms with Crippen LogP contribution in [0.1, 0.15) is 32.8 Å². The van der Waals surface area contributed by atoms with E-state index in [-0.39, 0.29) is 5.41 Å². The second kappa shape index (κ2) is 7.47. The Hall–Kier alpha value is -1.53. The van der Waals surface area contributed by atoms with E-state index >= 15 is 0 Å². The summed E-state index contributed by atoms with van der Waals surface area (Å²) in [4.78, 5) is 12.1. The third-order valence-corrected chi connectivity index (χ3v) is 3.36. The van der Waals surface area contributed by atoms with Gasteiger partial charge in [0.1, 0.15) is 0 Å². The van der Waals surface area contributed by atoms with Crippen molar-refractivity contribution < 1.29 is 9.31 Å². The molecule has 0 atom stereocenters. The van der Waals surface area contributed by atoms with Crippen molar-refractivity contribution in [2.24, 2.45) is 11.1 Å². The highest BCUT2D eigenvalue weighted by molar-refractivity contribution is 5.34. The Morgan fingerprint density at radius 2 is 2.10 bits per heavy atom. The lowest BCUT2D eigenvalue weighted by Gasteiger charge is -2.31. The molecule has 1 aromatic rings. The molecular weight excluding hydrogens is 273 g/mol. The van der Waals surface area contributed by atoms with Crippen molar-refractivity contribution >= 4 is 5.69 Å². The maximum Gasteiger partial charge on any atom is 0.304 e. The molecule has 0 amide bonds. The van der Waals surface area contributed by atoms with E-state index < -0.39 is 16.4 Å². The average Bonchev–Trinajstić information content (AvgIpc) is 2.38. The van der Waals surface area contributed by atoms with Crippen molar-refractivity contribution in [2.75, 3.05) is 19.6 Å². The smallest absolute Gasteiger partial charge is 0.304 e. The zero-order chi connectivity index (χ0) is 16.0. The van der Waals surface area contributed by atoms with Crippen LogP contribution in [0.25, 0.3) is 0 Å². The van der Waals surface area contributed by atoms with Crippen LogP contribution in [0.2, 0.25) is 0 Å².